The SMILES string of the molecule is O=C(c1ccc(Br)cc1F)N(CCCl)CCCl. The second-order valence-corrected chi connectivity index (χ2v) is 4.97. The first-order valence-electron chi connectivity index (χ1n) is 4.96. The highest BCUT2D eigenvalue weighted by Gasteiger charge is 2.18. The summed E-state index contributed by atoms with van der Waals surface area (Å²) in [5.74, 6) is -0.364. The van der Waals surface area contributed by atoms with Gasteiger partial charge in [0.05, 0.1) is 5.56 Å². The fraction of sp³-hybridized carbons (Fsp3) is 0.364. The zero-order valence-corrected chi connectivity index (χ0v) is 12.0. The van der Waals surface area contributed by atoms with Gasteiger partial charge in [0.25, 0.3) is 5.91 Å². The number of hydrogen-bond donors (Lipinski definition) is 0. The van der Waals surface area contributed by atoms with Gasteiger partial charge in [0.15, 0.2) is 0 Å². The molecule has 1 aromatic carbocycles. The van der Waals surface area contributed by atoms with Crippen molar-refractivity contribution in [3.05, 3.63) is 34.1 Å². The minimum absolute atomic E-state index is 0.0310. The van der Waals surface area contributed by atoms with E-state index in [1.54, 1.807) is 6.07 Å². The standard InChI is InChI=1S/C11H11BrCl2FNO/c12-8-1-2-9(10(15)7-8)11(17)16(5-3-13)6-4-14/h1-2,7H,3-6H2. The molecular weight excluding hydrogens is 332 g/mol. The molecule has 0 aromatic heterocycles. The third-order valence-corrected chi connectivity index (χ3v) is 2.99. The number of rotatable bonds is 5. The van der Waals surface area contributed by atoms with Crippen LogP contribution in [0.4, 0.5) is 4.39 Å². The molecule has 94 valence electrons. The van der Waals surface area contributed by atoms with Crippen LogP contribution in [-0.2, 0) is 0 Å². The predicted octanol–water partition coefficient (Wildman–Crippen LogP) is 3.51. The van der Waals surface area contributed by atoms with Gasteiger partial charge >= 0.3 is 0 Å². The molecule has 0 atom stereocenters. The number of amides is 1. The first-order valence-corrected chi connectivity index (χ1v) is 6.82. The average molecular weight is 343 g/mol. The highest BCUT2D eigenvalue weighted by molar-refractivity contribution is 9.10. The number of benzene rings is 1. The lowest BCUT2D eigenvalue weighted by atomic mass is 10.2. The molecule has 17 heavy (non-hydrogen) atoms. The summed E-state index contributed by atoms with van der Waals surface area (Å²) >= 11 is 14.3. The van der Waals surface area contributed by atoms with Crippen molar-refractivity contribution >= 4 is 45.0 Å². The Labute approximate surface area is 118 Å². The topological polar surface area (TPSA) is 20.3 Å². The van der Waals surface area contributed by atoms with Gasteiger partial charge in [0, 0.05) is 29.3 Å². The second-order valence-electron chi connectivity index (χ2n) is 3.29. The van der Waals surface area contributed by atoms with Crippen molar-refractivity contribution in [3.63, 3.8) is 0 Å². The van der Waals surface area contributed by atoms with Crippen molar-refractivity contribution in [2.45, 2.75) is 0 Å². The van der Waals surface area contributed by atoms with Gasteiger partial charge in [-0.2, -0.15) is 0 Å². The van der Waals surface area contributed by atoms with E-state index < -0.39 is 11.7 Å². The molecule has 0 saturated carbocycles. The summed E-state index contributed by atoms with van der Waals surface area (Å²) in [5, 5.41) is 0. The molecule has 0 radical (unpaired) electrons. The molecule has 1 amide bonds. The van der Waals surface area contributed by atoms with Gasteiger partial charge in [-0.1, -0.05) is 15.9 Å². The molecule has 0 N–H and O–H groups in total. The Kier molecular flexibility index (Phi) is 6.23. The molecule has 1 aromatic rings. The smallest absolute Gasteiger partial charge is 0.256 e. The lowest BCUT2D eigenvalue weighted by Crippen LogP contribution is -2.34. The van der Waals surface area contributed by atoms with E-state index >= 15 is 0 Å². The van der Waals surface area contributed by atoms with Gasteiger partial charge in [-0.3, -0.25) is 4.79 Å². The van der Waals surface area contributed by atoms with Crippen LogP contribution >= 0.6 is 39.1 Å². The van der Waals surface area contributed by atoms with Gasteiger partial charge in [-0.15, -0.1) is 23.2 Å². The minimum Gasteiger partial charge on any atom is -0.336 e. The highest BCUT2D eigenvalue weighted by Crippen LogP contribution is 2.17. The molecule has 0 saturated heterocycles. The fourth-order valence-corrected chi connectivity index (χ4v) is 2.09. The van der Waals surface area contributed by atoms with E-state index in [-0.39, 0.29) is 5.56 Å². The second kappa shape index (κ2) is 7.19. The molecule has 0 aliphatic rings. The molecule has 0 unspecified atom stereocenters. The Hall–Kier alpha value is -0.320. The number of carbonyl (C=O) groups excluding carboxylic acids is 1. The summed E-state index contributed by atoms with van der Waals surface area (Å²) in [7, 11) is 0. The number of hydrogen-bond acceptors (Lipinski definition) is 1. The van der Waals surface area contributed by atoms with E-state index in [0.29, 0.717) is 29.3 Å². The molecule has 0 fully saturated rings. The van der Waals surface area contributed by atoms with Crippen LogP contribution in [0.25, 0.3) is 0 Å². The van der Waals surface area contributed by atoms with E-state index in [0.717, 1.165) is 0 Å². The molecular formula is C11H11BrCl2FNO. The van der Waals surface area contributed by atoms with Gasteiger partial charge < -0.3 is 4.90 Å². The lowest BCUT2D eigenvalue weighted by molar-refractivity contribution is 0.0770. The van der Waals surface area contributed by atoms with Crippen LogP contribution < -0.4 is 0 Å². The van der Waals surface area contributed by atoms with Crippen LogP contribution in [0.3, 0.4) is 0 Å². The minimum atomic E-state index is -0.557. The molecule has 0 aliphatic carbocycles. The molecule has 2 nitrogen and oxygen atoms in total. The quantitative estimate of drug-likeness (QED) is 0.750. The van der Waals surface area contributed by atoms with Gasteiger partial charge in [-0.25, -0.2) is 4.39 Å². The van der Waals surface area contributed by atoms with Gasteiger partial charge in [0.1, 0.15) is 5.82 Å². The van der Waals surface area contributed by atoms with E-state index in [1.165, 1.54) is 17.0 Å². The van der Waals surface area contributed by atoms with E-state index in [9.17, 15) is 9.18 Å². The van der Waals surface area contributed by atoms with E-state index in [4.69, 9.17) is 23.2 Å². The summed E-state index contributed by atoms with van der Waals surface area (Å²) in [6.45, 7) is 0.700. The van der Waals surface area contributed by atoms with Crippen LogP contribution in [0, 0.1) is 5.82 Å². The third kappa shape index (κ3) is 4.12. The average Bonchev–Trinajstić information content (AvgIpc) is 2.28. The van der Waals surface area contributed by atoms with Crippen molar-refractivity contribution in [2.24, 2.45) is 0 Å². The van der Waals surface area contributed by atoms with Crippen molar-refractivity contribution in [3.8, 4) is 0 Å². The third-order valence-electron chi connectivity index (χ3n) is 2.16. The van der Waals surface area contributed by atoms with E-state index in [1.807, 2.05) is 0 Å². The Morgan fingerprint density at radius 2 is 1.88 bits per heavy atom. The van der Waals surface area contributed by atoms with Crippen molar-refractivity contribution in [1.29, 1.82) is 0 Å². The maximum absolute atomic E-state index is 13.6. The first-order chi connectivity index (χ1) is 8.10. The molecule has 0 heterocycles. The number of carbonyl (C=O) groups is 1. The van der Waals surface area contributed by atoms with Crippen molar-refractivity contribution < 1.29 is 9.18 Å². The monoisotopic (exact) mass is 341 g/mol. The fourth-order valence-electron chi connectivity index (χ4n) is 1.35. The van der Waals surface area contributed by atoms with Crippen LogP contribution in [0.5, 0.6) is 0 Å². The maximum atomic E-state index is 13.6. The predicted molar refractivity (Wildman–Crippen MR) is 71.4 cm³/mol. The maximum Gasteiger partial charge on any atom is 0.256 e. The normalized spacial score (nSPS) is 10.4. The number of halogens is 4. The largest absolute Gasteiger partial charge is 0.336 e. The Morgan fingerprint density at radius 3 is 2.35 bits per heavy atom. The van der Waals surface area contributed by atoms with Gasteiger partial charge in [0.2, 0.25) is 0 Å². The Morgan fingerprint density at radius 1 is 1.29 bits per heavy atom. The van der Waals surface area contributed by atoms with Crippen LogP contribution in [0.15, 0.2) is 22.7 Å². The van der Waals surface area contributed by atoms with Crippen molar-refractivity contribution in [1.82, 2.24) is 4.90 Å². The summed E-state index contributed by atoms with van der Waals surface area (Å²) in [4.78, 5) is 13.4. The summed E-state index contributed by atoms with van der Waals surface area (Å²) in [5.41, 5.74) is 0.0310. The molecule has 0 aliphatic heterocycles. The Balaban J connectivity index is 2.92. The lowest BCUT2D eigenvalue weighted by Gasteiger charge is -2.20. The molecule has 1 rings (SSSR count). The Bertz CT molecular complexity index is 397. The number of nitrogens with zero attached hydrogens (tertiary/aromatic N) is 1. The molecule has 0 spiro atoms. The summed E-state index contributed by atoms with van der Waals surface area (Å²) in [6.07, 6.45) is 0. The van der Waals surface area contributed by atoms with Crippen LogP contribution in [0.1, 0.15) is 10.4 Å². The van der Waals surface area contributed by atoms with E-state index in [2.05, 4.69) is 15.9 Å². The molecule has 6 heteroatoms. The molecule has 0 bridgehead atoms. The van der Waals surface area contributed by atoms with Crippen LogP contribution in [-0.4, -0.2) is 35.7 Å². The zero-order valence-electron chi connectivity index (χ0n) is 8.93. The summed E-state index contributed by atoms with van der Waals surface area (Å²) < 4.78 is 14.2. The first kappa shape index (κ1) is 14.7. The highest BCUT2D eigenvalue weighted by atomic mass is 79.9. The van der Waals surface area contributed by atoms with Crippen LogP contribution in [0.2, 0.25) is 0 Å². The zero-order chi connectivity index (χ0) is 12.8. The van der Waals surface area contributed by atoms with Gasteiger partial charge in [-0.05, 0) is 18.2 Å². The summed E-state index contributed by atoms with van der Waals surface area (Å²) in [6, 6.07) is 4.32. The number of alkyl halides is 2. The van der Waals surface area contributed by atoms with Crippen molar-refractivity contribution in [2.75, 3.05) is 24.8 Å².